The molecule has 0 spiro atoms. The van der Waals surface area contributed by atoms with Crippen molar-refractivity contribution in [3.63, 3.8) is 0 Å². The maximum absolute atomic E-state index is 13.8. The third kappa shape index (κ3) is 4.29. The van der Waals surface area contributed by atoms with E-state index in [1.165, 1.54) is 6.07 Å². The summed E-state index contributed by atoms with van der Waals surface area (Å²) in [6.07, 6.45) is 0. The van der Waals surface area contributed by atoms with E-state index in [9.17, 15) is 4.39 Å². The van der Waals surface area contributed by atoms with Gasteiger partial charge in [0.2, 0.25) is 0 Å². The largest absolute Gasteiger partial charge is 0.206 e. The average molecular weight is 343 g/mol. The predicted octanol–water partition coefficient (Wildman–Crippen LogP) is 5.77. The Labute approximate surface area is 151 Å². The smallest absolute Gasteiger partial charge is 0.139 e. The molecule has 3 rings (SSSR count). The Hall–Kier alpha value is -3.01. The lowest BCUT2D eigenvalue weighted by atomic mass is 10.0. The van der Waals surface area contributed by atoms with Gasteiger partial charge in [-0.25, -0.2) is 4.39 Å². The van der Waals surface area contributed by atoms with E-state index >= 15 is 0 Å². The van der Waals surface area contributed by atoms with Crippen LogP contribution in [0.4, 0.5) is 4.39 Å². The van der Waals surface area contributed by atoms with Crippen molar-refractivity contribution in [2.75, 3.05) is 0 Å². The zero-order valence-corrected chi connectivity index (χ0v) is 14.4. The molecule has 25 heavy (non-hydrogen) atoms. The number of thioether (sulfide) groups is 1. The molecule has 0 amide bonds. The third-order valence-corrected chi connectivity index (χ3v) is 4.30. The summed E-state index contributed by atoms with van der Waals surface area (Å²) < 4.78 is 13.8. The second-order valence-corrected chi connectivity index (χ2v) is 6.39. The highest BCUT2D eigenvalue weighted by Crippen LogP contribution is 2.24. The highest BCUT2D eigenvalue weighted by Gasteiger charge is 2.00. The number of thiocyanates is 1. The molecule has 0 radical (unpaired) electrons. The first kappa shape index (κ1) is 16.8. The number of halogens is 1. The van der Waals surface area contributed by atoms with Gasteiger partial charge in [-0.3, -0.25) is 0 Å². The van der Waals surface area contributed by atoms with Gasteiger partial charge >= 0.3 is 0 Å². The van der Waals surface area contributed by atoms with Crippen LogP contribution < -0.4 is 0 Å². The molecule has 3 aromatic rings. The number of benzene rings is 3. The van der Waals surface area contributed by atoms with Crippen molar-refractivity contribution in [3.05, 3.63) is 89.2 Å². The molecule has 3 aromatic carbocycles. The van der Waals surface area contributed by atoms with Crippen molar-refractivity contribution < 1.29 is 4.39 Å². The molecule has 0 atom stereocenters. The van der Waals surface area contributed by atoms with Gasteiger partial charge in [-0.2, -0.15) is 5.26 Å². The Kier molecular flexibility index (Phi) is 5.19. The number of hydrogen-bond acceptors (Lipinski definition) is 2. The van der Waals surface area contributed by atoms with Gasteiger partial charge in [-0.15, -0.1) is 0 Å². The lowest BCUT2D eigenvalue weighted by molar-refractivity contribution is 0.623. The molecule has 0 heterocycles. The minimum Gasteiger partial charge on any atom is -0.206 e. The van der Waals surface area contributed by atoms with Crippen molar-refractivity contribution in [2.45, 2.75) is 11.8 Å². The SMILES string of the molecule is Cc1ccc(C#Cc2ccc(-c3ccc(SC#N)cc3)cc2)c(F)c1. The minimum atomic E-state index is -0.292. The van der Waals surface area contributed by atoms with Crippen LogP contribution in [0.2, 0.25) is 0 Å². The van der Waals surface area contributed by atoms with E-state index in [1.54, 1.807) is 6.07 Å². The minimum absolute atomic E-state index is 0.292. The summed E-state index contributed by atoms with van der Waals surface area (Å²) in [5.41, 5.74) is 4.26. The first-order valence-electron chi connectivity index (χ1n) is 7.70. The monoisotopic (exact) mass is 343 g/mol. The molecule has 120 valence electrons. The molecule has 0 aliphatic carbocycles. The van der Waals surface area contributed by atoms with Gasteiger partial charge in [0.15, 0.2) is 0 Å². The number of hydrogen-bond donors (Lipinski definition) is 0. The standard InChI is InChI=1S/C22H14FNS/c1-16-2-6-20(22(23)14-16)9-5-17-3-7-18(8-4-17)19-10-12-21(13-11-19)25-15-24/h2-4,6-8,10-14H,1H3. The molecule has 0 aliphatic heterocycles. The molecule has 0 saturated carbocycles. The van der Waals surface area contributed by atoms with Crippen LogP contribution in [0.3, 0.4) is 0 Å². The van der Waals surface area contributed by atoms with Crippen LogP contribution in [-0.4, -0.2) is 0 Å². The van der Waals surface area contributed by atoms with Crippen LogP contribution >= 0.6 is 11.8 Å². The summed E-state index contributed by atoms with van der Waals surface area (Å²) in [6.45, 7) is 1.85. The van der Waals surface area contributed by atoms with E-state index in [-0.39, 0.29) is 5.82 Å². The lowest BCUT2D eigenvalue weighted by Crippen LogP contribution is -1.85. The van der Waals surface area contributed by atoms with Crippen LogP contribution in [0.1, 0.15) is 16.7 Å². The second-order valence-electron chi connectivity index (χ2n) is 5.53. The normalized spacial score (nSPS) is 9.80. The third-order valence-electron chi connectivity index (χ3n) is 3.70. The first-order chi connectivity index (χ1) is 12.2. The van der Waals surface area contributed by atoms with Crippen molar-refractivity contribution in [2.24, 2.45) is 0 Å². The maximum atomic E-state index is 13.8. The topological polar surface area (TPSA) is 23.8 Å². The molecular weight excluding hydrogens is 329 g/mol. The van der Waals surface area contributed by atoms with Gasteiger partial charge in [0.05, 0.1) is 5.56 Å². The van der Waals surface area contributed by atoms with Crippen molar-refractivity contribution in [3.8, 4) is 28.4 Å². The second kappa shape index (κ2) is 7.71. The zero-order valence-electron chi connectivity index (χ0n) is 13.6. The van der Waals surface area contributed by atoms with Crippen molar-refractivity contribution in [1.82, 2.24) is 0 Å². The maximum Gasteiger partial charge on any atom is 0.139 e. The summed E-state index contributed by atoms with van der Waals surface area (Å²) >= 11 is 1.14. The molecule has 0 saturated heterocycles. The van der Waals surface area contributed by atoms with Crippen LogP contribution in [-0.2, 0) is 0 Å². The van der Waals surface area contributed by atoms with Crippen molar-refractivity contribution >= 4 is 11.8 Å². The summed E-state index contributed by atoms with van der Waals surface area (Å²) in [4.78, 5) is 0.925. The fourth-order valence-electron chi connectivity index (χ4n) is 2.38. The molecule has 0 N–H and O–H groups in total. The molecule has 3 heteroatoms. The Morgan fingerprint density at radius 2 is 1.48 bits per heavy atom. The number of rotatable bonds is 2. The molecule has 0 unspecified atom stereocenters. The van der Waals surface area contributed by atoms with Gasteiger partial charge in [0, 0.05) is 10.5 Å². The predicted molar refractivity (Wildman–Crippen MR) is 100 cm³/mol. The fourth-order valence-corrected chi connectivity index (χ4v) is 2.75. The van der Waals surface area contributed by atoms with Crippen LogP contribution in [0.5, 0.6) is 0 Å². The Bertz CT molecular complexity index is 987. The van der Waals surface area contributed by atoms with Gasteiger partial charge in [-0.1, -0.05) is 42.2 Å². The molecule has 0 aliphatic rings. The molecule has 1 nitrogen and oxygen atoms in total. The van der Waals surface area contributed by atoms with E-state index in [0.717, 1.165) is 38.9 Å². The Morgan fingerprint density at radius 3 is 2.08 bits per heavy atom. The van der Waals surface area contributed by atoms with Gasteiger partial charge in [0.1, 0.15) is 11.2 Å². The number of nitriles is 1. The quantitative estimate of drug-likeness (QED) is 0.335. The summed E-state index contributed by atoms with van der Waals surface area (Å²) in [5.74, 6) is 5.58. The molecule has 0 bridgehead atoms. The first-order valence-corrected chi connectivity index (χ1v) is 8.52. The molecular formula is C22H14FNS. The van der Waals surface area contributed by atoms with Crippen LogP contribution in [0.15, 0.2) is 71.6 Å². The summed E-state index contributed by atoms with van der Waals surface area (Å²) in [6, 6.07) is 20.7. The summed E-state index contributed by atoms with van der Waals surface area (Å²) in [7, 11) is 0. The average Bonchev–Trinajstić information content (AvgIpc) is 2.62. The van der Waals surface area contributed by atoms with E-state index in [0.29, 0.717) is 5.56 Å². The van der Waals surface area contributed by atoms with Gasteiger partial charge in [0.25, 0.3) is 0 Å². The number of nitrogens with zero attached hydrogens (tertiary/aromatic N) is 1. The highest BCUT2D eigenvalue weighted by atomic mass is 32.2. The van der Waals surface area contributed by atoms with E-state index in [1.807, 2.05) is 61.5 Å². The van der Waals surface area contributed by atoms with Gasteiger partial charge in [-0.05, 0) is 71.8 Å². The molecule has 0 fully saturated rings. The highest BCUT2D eigenvalue weighted by molar-refractivity contribution is 8.03. The van der Waals surface area contributed by atoms with Crippen molar-refractivity contribution in [1.29, 1.82) is 5.26 Å². The Balaban J connectivity index is 1.79. The summed E-state index contributed by atoms with van der Waals surface area (Å²) in [5, 5.41) is 10.7. The lowest BCUT2D eigenvalue weighted by Gasteiger charge is -2.02. The van der Waals surface area contributed by atoms with E-state index in [2.05, 4.69) is 17.2 Å². The Morgan fingerprint density at radius 1 is 0.840 bits per heavy atom. The van der Waals surface area contributed by atoms with Gasteiger partial charge < -0.3 is 0 Å². The van der Waals surface area contributed by atoms with E-state index in [4.69, 9.17) is 5.26 Å². The van der Waals surface area contributed by atoms with E-state index < -0.39 is 0 Å². The molecule has 0 aromatic heterocycles. The zero-order chi connectivity index (χ0) is 17.6. The van der Waals surface area contributed by atoms with Crippen LogP contribution in [0, 0.1) is 35.2 Å². The fraction of sp³-hybridized carbons (Fsp3) is 0.0455. The number of aryl methyl sites for hydroxylation is 1. The van der Waals surface area contributed by atoms with Crippen LogP contribution in [0.25, 0.3) is 11.1 Å².